The highest BCUT2D eigenvalue weighted by Gasteiger charge is 2.12. The molecule has 1 heterocycles. The number of aliphatic imine (C=N–C) groups is 1. The molecule has 0 fully saturated rings. The van der Waals surface area contributed by atoms with Crippen LogP contribution in [0.4, 0.5) is 5.69 Å². The quantitative estimate of drug-likeness (QED) is 0.0236. The Morgan fingerprint density at radius 2 is 1.28 bits per heavy atom. The third-order valence-electron chi connectivity index (χ3n) is 9.17. The summed E-state index contributed by atoms with van der Waals surface area (Å²) in [5.41, 5.74) is 28.6. The van der Waals surface area contributed by atoms with Crippen molar-refractivity contribution >= 4 is 28.4 Å². The van der Waals surface area contributed by atoms with Crippen LogP contribution < -0.4 is 38.3 Å². The van der Waals surface area contributed by atoms with Gasteiger partial charge in [-0.2, -0.15) is 5.10 Å². The number of hydrogen-bond acceptors (Lipinski definition) is 11. The number of ether oxygens (including phenoxy) is 2. The second kappa shape index (κ2) is 26.0. The van der Waals surface area contributed by atoms with Crippen molar-refractivity contribution in [2.45, 2.75) is 91.9 Å². The molecular weight excluding hydrogens is 725 g/mol. The molecule has 10 N–H and O–H groups in total. The third-order valence-corrected chi connectivity index (χ3v) is 9.17. The zero-order chi connectivity index (χ0) is 42.3. The SMILES string of the molecule is CC(C)c1cc(N=C/C(=N\N)c2ccc3ccc(-c4cn(-c5cc(OCCCN)cc(C(C)C)c5)nn4)cc3c2)cc(OCCCN)c1.CCCCN.CCCCN. The summed E-state index contributed by atoms with van der Waals surface area (Å²) in [5.74, 6) is 8.09. The molecule has 0 amide bonds. The lowest BCUT2D eigenvalue weighted by Crippen LogP contribution is -2.07. The lowest BCUT2D eigenvalue weighted by Gasteiger charge is -2.13. The first-order chi connectivity index (χ1) is 28.1. The van der Waals surface area contributed by atoms with E-state index >= 15 is 0 Å². The van der Waals surface area contributed by atoms with Crippen molar-refractivity contribution < 1.29 is 9.47 Å². The van der Waals surface area contributed by atoms with E-state index in [1.807, 2.05) is 24.4 Å². The molecule has 58 heavy (non-hydrogen) atoms. The summed E-state index contributed by atoms with van der Waals surface area (Å²) in [5, 5.41) is 15.1. The first-order valence-electron chi connectivity index (χ1n) is 20.8. The predicted octanol–water partition coefficient (Wildman–Crippen LogP) is 8.35. The molecule has 0 atom stereocenters. The molecule has 0 aliphatic carbocycles. The molecule has 0 unspecified atom stereocenters. The van der Waals surface area contributed by atoms with E-state index in [0.717, 1.165) is 87.5 Å². The minimum absolute atomic E-state index is 0.319. The average Bonchev–Trinajstić information content (AvgIpc) is 3.73. The summed E-state index contributed by atoms with van der Waals surface area (Å²) in [6.45, 7) is 16.9. The zero-order valence-corrected chi connectivity index (χ0v) is 35.7. The fourth-order valence-corrected chi connectivity index (χ4v) is 5.61. The number of hydrazone groups is 1. The van der Waals surface area contributed by atoms with E-state index in [1.54, 1.807) is 10.9 Å². The number of nitrogens with two attached hydrogens (primary N) is 5. The summed E-state index contributed by atoms with van der Waals surface area (Å²) in [7, 11) is 0. The van der Waals surface area contributed by atoms with Gasteiger partial charge >= 0.3 is 0 Å². The maximum absolute atomic E-state index is 5.98. The molecule has 0 aliphatic heterocycles. The van der Waals surface area contributed by atoms with Gasteiger partial charge in [0.25, 0.3) is 0 Å². The minimum Gasteiger partial charge on any atom is -0.493 e. The van der Waals surface area contributed by atoms with Gasteiger partial charge in [-0.1, -0.05) is 83.9 Å². The Kier molecular flexibility index (Phi) is 21.2. The van der Waals surface area contributed by atoms with Crippen LogP contribution in [0.15, 0.2) is 89.1 Å². The van der Waals surface area contributed by atoms with Crippen molar-refractivity contribution in [2.75, 3.05) is 39.4 Å². The van der Waals surface area contributed by atoms with Gasteiger partial charge in [0.15, 0.2) is 0 Å². The molecule has 5 aromatic rings. The van der Waals surface area contributed by atoms with Crippen LogP contribution in [0.1, 0.15) is 109 Å². The van der Waals surface area contributed by atoms with E-state index in [1.165, 1.54) is 25.7 Å². The predicted molar refractivity (Wildman–Crippen MR) is 244 cm³/mol. The fourth-order valence-electron chi connectivity index (χ4n) is 5.61. The van der Waals surface area contributed by atoms with Gasteiger partial charge in [-0.05, 0) is 122 Å². The number of rotatable bonds is 19. The van der Waals surface area contributed by atoms with Crippen LogP contribution in [0, 0.1) is 0 Å². The van der Waals surface area contributed by atoms with Crippen molar-refractivity contribution in [3.05, 3.63) is 95.7 Å². The average molecular weight is 793 g/mol. The molecule has 5 rings (SSSR count). The van der Waals surface area contributed by atoms with Gasteiger partial charge < -0.3 is 38.3 Å². The van der Waals surface area contributed by atoms with Gasteiger partial charge in [0.2, 0.25) is 0 Å². The molecule has 12 heteroatoms. The van der Waals surface area contributed by atoms with Gasteiger partial charge in [-0.25, -0.2) is 4.68 Å². The van der Waals surface area contributed by atoms with Gasteiger partial charge in [-0.15, -0.1) is 5.10 Å². The monoisotopic (exact) mass is 793 g/mol. The van der Waals surface area contributed by atoms with Crippen molar-refractivity contribution in [3.63, 3.8) is 0 Å². The van der Waals surface area contributed by atoms with Crippen LogP contribution in [-0.2, 0) is 0 Å². The number of nitrogens with zero attached hydrogens (tertiary/aromatic N) is 5. The second-order valence-electron chi connectivity index (χ2n) is 14.7. The lowest BCUT2D eigenvalue weighted by atomic mass is 10.0. The maximum atomic E-state index is 5.98. The Hall–Kier alpha value is -5.14. The highest BCUT2D eigenvalue weighted by atomic mass is 16.5. The Balaban J connectivity index is 0.000000803. The van der Waals surface area contributed by atoms with Crippen molar-refractivity contribution in [1.29, 1.82) is 0 Å². The Bertz CT molecular complexity index is 1990. The number of hydrogen-bond donors (Lipinski definition) is 5. The molecule has 0 saturated carbocycles. The number of unbranched alkanes of at least 4 members (excludes halogenated alkanes) is 2. The van der Waals surface area contributed by atoms with Crippen LogP contribution in [0.25, 0.3) is 27.7 Å². The topological polar surface area (TPSA) is 204 Å². The van der Waals surface area contributed by atoms with E-state index in [9.17, 15) is 0 Å². The van der Waals surface area contributed by atoms with E-state index in [4.69, 9.17) is 43.2 Å². The highest BCUT2D eigenvalue weighted by molar-refractivity contribution is 6.38. The van der Waals surface area contributed by atoms with Crippen LogP contribution in [0.5, 0.6) is 11.5 Å². The van der Waals surface area contributed by atoms with Gasteiger partial charge in [-0.3, -0.25) is 4.99 Å². The second-order valence-corrected chi connectivity index (χ2v) is 14.7. The molecule has 0 saturated heterocycles. The first-order valence-corrected chi connectivity index (χ1v) is 20.8. The Morgan fingerprint density at radius 1 is 0.690 bits per heavy atom. The third kappa shape index (κ3) is 15.3. The molecule has 0 bridgehead atoms. The van der Waals surface area contributed by atoms with Crippen LogP contribution in [-0.4, -0.2) is 66.3 Å². The summed E-state index contributed by atoms with van der Waals surface area (Å²) in [6.07, 6.45) is 9.98. The summed E-state index contributed by atoms with van der Waals surface area (Å²) >= 11 is 0. The first kappa shape index (κ1) is 47.2. The summed E-state index contributed by atoms with van der Waals surface area (Å²) in [4.78, 5) is 4.73. The molecule has 314 valence electrons. The van der Waals surface area contributed by atoms with Crippen LogP contribution >= 0.6 is 0 Å². The summed E-state index contributed by atoms with van der Waals surface area (Å²) < 4.78 is 13.7. The maximum Gasteiger partial charge on any atom is 0.121 e. The molecule has 4 aromatic carbocycles. The molecule has 1 aromatic heterocycles. The molecule has 12 nitrogen and oxygen atoms in total. The lowest BCUT2D eigenvalue weighted by molar-refractivity contribution is 0.313. The number of benzene rings is 4. The Labute approximate surface area is 346 Å². The molecule has 0 aliphatic rings. The number of fused-ring (bicyclic) bond motifs is 1. The van der Waals surface area contributed by atoms with Crippen LogP contribution in [0.2, 0.25) is 0 Å². The van der Waals surface area contributed by atoms with E-state index in [0.29, 0.717) is 43.9 Å². The number of aromatic nitrogens is 3. The van der Waals surface area contributed by atoms with Crippen LogP contribution in [0.3, 0.4) is 0 Å². The highest BCUT2D eigenvalue weighted by Crippen LogP contribution is 2.30. The fraction of sp³-hybridized carbons (Fsp3) is 0.435. The van der Waals surface area contributed by atoms with Crippen molar-refractivity contribution in [3.8, 4) is 28.4 Å². The van der Waals surface area contributed by atoms with Gasteiger partial charge in [0.05, 0.1) is 37.0 Å². The summed E-state index contributed by atoms with van der Waals surface area (Å²) in [6, 6.07) is 24.5. The smallest absolute Gasteiger partial charge is 0.121 e. The van der Waals surface area contributed by atoms with Gasteiger partial charge in [0.1, 0.15) is 22.9 Å². The largest absolute Gasteiger partial charge is 0.493 e. The van der Waals surface area contributed by atoms with E-state index < -0.39 is 0 Å². The van der Waals surface area contributed by atoms with Crippen molar-refractivity contribution in [2.24, 2.45) is 38.9 Å². The van der Waals surface area contributed by atoms with Gasteiger partial charge in [0, 0.05) is 23.3 Å². The molecule has 0 spiro atoms. The normalized spacial score (nSPS) is 11.5. The van der Waals surface area contributed by atoms with E-state index in [2.05, 4.69) is 112 Å². The molecule has 0 radical (unpaired) electrons. The zero-order valence-electron chi connectivity index (χ0n) is 35.7. The van der Waals surface area contributed by atoms with Crippen molar-refractivity contribution in [1.82, 2.24) is 15.0 Å². The Morgan fingerprint density at radius 3 is 1.83 bits per heavy atom. The minimum atomic E-state index is 0.319. The molecular formula is C46H68N10O2. The van der Waals surface area contributed by atoms with E-state index in [-0.39, 0.29) is 0 Å². The standard InChI is InChI=1S/C38H46N8O2.2C4H11N/c1-25(2)30-17-33(21-35(19-30)47-13-5-11-39)42-23-37(43-41)28-9-7-27-8-10-29(16-32(27)15-28)38-24-46(45-44-38)34-18-31(26(3)4)20-36(22-34)48-14-6-12-40;2*1-2-3-4-5/h7-10,15-26H,5-6,11-14,39-41H2,1-4H3;2*2-5H2,1H3/b42-23?,43-37+;;.